The molecule has 1 rings (SSSR count). The lowest BCUT2D eigenvalue weighted by atomic mass is 10.1. The highest BCUT2D eigenvalue weighted by Gasteiger charge is 2.05. The molecule has 0 spiro atoms. The second-order valence-corrected chi connectivity index (χ2v) is 4.15. The molecule has 0 aromatic heterocycles. The molecule has 3 heteroatoms. The SMILES string of the molecule is C=CCCNC(=O)c1ccc(Br)c(C)c1. The van der Waals surface area contributed by atoms with E-state index in [-0.39, 0.29) is 5.91 Å². The highest BCUT2D eigenvalue weighted by molar-refractivity contribution is 9.10. The van der Waals surface area contributed by atoms with E-state index in [0.717, 1.165) is 16.5 Å². The molecule has 0 saturated heterocycles. The zero-order chi connectivity index (χ0) is 11.3. The molecule has 0 aliphatic carbocycles. The monoisotopic (exact) mass is 267 g/mol. The maximum absolute atomic E-state index is 11.6. The number of carbonyl (C=O) groups excluding carboxylic acids is 1. The number of carbonyl (C=O) groups is 1. The zero-order valence-electron chi connectivity index (χ0n) is 8.72. The fourth-order valence-corrected chi connectivity index (χ4v) is 1.42. The Bertz CT molecular complexity index is 374. The van der Waals surface area contributed by atoms with Gasteiger partial charge in [-0.1, -0.05) is 22.0 Å². The molecule has 2 nitrogen and oxygen atoms in total. The fourth-order valence-electron chi connectivity index (χ4n) is 1.18. The number of benzene rings is 1. The molecule has 0 fully saturated rings. The molecule has 0 saturated carbocycles. The van der Waals surface area contributed by atoms with Gasteiger partial charge in [-0.25, -0.2) is 0 Å². The summed E-state index contributed by atoms with van der Waals surface area (Å²) in [6.45, 7) is 6.20. The largest absolute Gasteiger partial charge is 0.352 e. The molecule has 0 radical (unpaired) electrons. The van der Waals surface area contributed by atoms with Gasteiger partial charge >= 0.3 is 0 Å². The van der Waals surface area contributed by atoms with Gasteiger partial charge in [0.15, 0.2) is 0 Å². The van der Waals surface area contributed by atoms with Crippen molar-refractivity contribution in [3.05, 3.63) is 46.5 Å². The van der Waals surface area contributed by atoms with E-state index >= 15 is 0 Å². The van der Waals surface area contributed by atoms with E-state index in [1.807, 2.05) is 19.1 Å². The van der Waals surface area contributed by atoms with Crippen molar-refractivity contribution in [2.75, 3.05) is 6.54 Å². The van der Waals surface area contributed by atoms with Crippen molar-refractivity contribution in [2.24, 2.45) is 0 Å². The van der Waals surface area contributed by atoms with E-state index in [4.69, 9.17) is 0 Å². The third-order valence-electron chi connectivity index (χ3n) is 2.05. The lowest BCUT2D eigenvalue weighted by molar-refractivity contribution is 0.0954. The maximum Gasteiger partial charge on any atom is 0.251 e. The van der Waals surface area contributed by atoms with Gasteiger partial charge in [0, 0.05) is 16.6 Å². The van der Waals surface area contributed by atoms with E-state index in [9.17, 15) is 4.79 Å². The van der Waals surface area contributed by atoms with Crippen LogP contribution in [0.3, 0.4) is 0 Å². The Balaban J connectivity index is 2.65. The third-order valence-corrected chi connectivity index (χ3v) is 2.94. The number of nitrogens with one attached hydrogen (secondary N) is 1. The van der Waals surface area contributed by atoms with Crippen molar-refractivity contribution < 1.29 is 4.79 Å². The molecule has 0 bridgehead atoms. The highest BCUT2D eigenvalue weighted by Crippen LogP contribution is 2.16. The standard InChI is InChI=1S/C12H14BrNO/c1-3-4-7-14-12(15)10-5-6-11(13)9(2)8-10/h3,5-6,8H,1,4,7H2,2H3,(H,14,15). The van der Waals surface area contributed by atoms with Gasteiger partial charge in [0.1, 0.15) is 0 Å². The number of halogens is 1. The van der Waals surface area contributed by atoms with Gasteiger partial charge in [0.05, 0.1) is 0 Å². The summed E-state index contributed by atoms with van der Waals surface area (Å²) < 4.78 is 1.02. The number of rotatable bonds is 4. The molecule has 0 unspecified atom stereocenters. The second kappa shape index (κ2) is 5.71. The van der Waals surface area contributed by atoms with Gasteiger partial charge in [-0.15, -0.1) is 6.58 Å². The first-order chi connectivity index (χ1) is 7.15. The normalized spacial score (nSPS) is 9.73. The van der Waals surface area contributed by atoms with Crippen molar-refractivity contribution in [3.8, 4) is 0 Å². The predicted molar refractivity (Wildman–Crippen MR) is 66.0 cm³/mol. The molecule has 1 aromatic rings. The molecule has 15 heavy (non-hydrogen) atoms. The topological polar surface area (TPSA) is 29.1 Å². The molecule has 0 aliphatic rings. The van der Waals surface area contributed by atoms with Crippen LogP contribution in [-0.4, -0.2) is 12.5 Å². The summed E-state index contributed by atoms with van der Waals surface area (Å²) in [7, 11) is 0. The lowest BCUT2D eigenvalue weighted by Gasteiger charge is -2.05. The first-order valence-corrected chi connectivity index (χ1v) is 5.59. The zero-order valence-corrected chi connectivity index (χ0v) is 10.3. The van der Waals surface area contributed by atoms with Crippen LogP contribution in [-0.2, 0) is 0 Å². The van der Waals surface area contributed by atoms with Crippen molar-refractivity contribution in [2.45, 2.75) is 13.3 Å². The van der Waals surface area contributed by atoms with Crippen LogP contribution in [0.1, 0.15) is 22.3 Å². The minimum absolute atomic E-state index is 0.0348. The number of amides is 1. The Hall–Kier alpha value is -1.09. The van der Waals surface area contributed by atoms with E-state index in [2.05, 4.69) is 27.8 Å². The minimum atomic E-state index is -0.0348. The molecular formula is C12H14BrNO. The summed E-state index contributed by atoms with van der Waals surface area (Å²) in [5.74, 6) is -0.0348. The summed E-state index contributed by atoms with van der Waals surface area (Å²) >= 11 is 3.40. The van der Waals surface area contributed by atoms with Gasteiger partial charge in [0.2, 0.25) is 0 Å². The first-order valence-electron chi connectivity index (χ1n) is 4.80. The van der Waals surface area contributed by atoms with Crippen LogP contribution in [0.2, 0.25) is 0 Å². The Morgan fingerprint density at radius 2 is 2.33 bits per heavy atom. The molecule has 1 N–H and O–H groups in total. The van der Waals surface area contributed by atoms with E-state index in [1.165, 1.54) is 0 Å². The molecular weight excluding hydrogens is 254 g/mol. The number of aryl methyl sites for hydroxylation is 1. The summed E-state index contributed by atoms with van der Waals surface area (Å²) in [5.41, 5.74) is 1.76. The van der Waals surface area contributed by atoms with Crippen molar-refractivity contribution in [3.63, 3.8) is 0 Å². The molecule has 0 heterocycles. The van der Waals surface area contributed by atoms with Crippen LogP contribution in [0.4, 0.5) is 0 Å². The van der Waals surface area contributed by atoms with Gasteiger partial charge in [-0.3, -0.25) is 4.79 Å². The van der Waals surface area contributed by atoms with Gasteiger partial charge in [-0.05, 0) is 37.1 Å². The summed E-state index contributed by atoms with van der Waals surface area (Å²) in [6.07, 6.45) is 2.58. The average Bonchev–Trinajstić information content (AvgIpc) is 2.22. The first kappa shape index (κ1) is 12.0. The van der Waals surface area contributed by atoms with Crippen LogP contribution in [0.5, 0.6) is 0 Å². The van der Waals surface area contributed by atoms with Crippen molar-refractivity contribution >= 4 is 21.8 Å². The van der Waals surface area contributed by atoms with Gasteiger partial charge in [-0.2, -0.15) is 0 Å². The van der Waals surface area contributed by atoms with Crippen molar-refractivity contribution in [1.82, 2.24) is 5.32 Å². The van der Waals surface area contributed by atoms with Crippen LogP contribution >= 0.6 is 15.9 Å². The van der Waals surface area contributed by atoms with Gasteiger partial charge in [0.25, 0.3) is 5.91 Å². The predicted octanol–water partition coefficient (Wildman–Crippen LogP) is 3.06. The Morgan fingerprint density at radius 1 is 1.60 bits per heavy atom. The van der Waals surface area contributed by atoms with Crippen LogP contribution in [0.25, 0.3) is 0 Å². The van der Waals surface area contributed by atoms with E-state index in [1.54, 1.807) is 12.1 Å². The molecule has 1 aromatic carbocycles. The highest BCUT2D eigenvalue weighted by atomic mass is 79.9. The third kappa shape index (κ3) is 3.51. The van der Waals surface area contributed by atoms with Gasteiger partial charge < -0.3 is 5.32 Å². The maximum atomic E-state index is 11.6. The van der Waals surface area contributed by atoms with Crippen LogP contribution < -0.4 is 5.32 Å². The molecule has 1 amide bonds. The fraction of sp³-hybridized carbons (Fsp3) is 0.250. The van der Waals surface area contributed by atoms with E-state index in [0.29, 0.717) is 12.1 Å². The number of hydrogen-bond donors (Lipinski definition) is 1. The average molecular weight is 268 g/mol. The van der Waals surface area contributed by atoms with Crippen LogP contribution in [0, 0.1) is 6.92 Å². The Morgan fingerprint density at radius 3 is 2.93 bits per heavy atom. The van der Waals surface area contributed by atoms with Crippen molar-refractivity contribution in [1.29, 1.82) is 0 Å². The molecule has 0 atom stereocenters. The lowest BCUT2D eigenvalue weighted by Crippen LogP contribution is -2.24. The van der Waals surface area contributed by atoms with E-state index < -0.39 is 0 Å². The van der Waals surface area contributed by atoms with Crippen LogP contribution in [0.15, 0.2) is 35.3 Å². The molecule has 0 aliphatic heterocycles. The summed E-state index contributed by atoms with van der Waals surface area (Å²) in [5, 5.41) is 2.82. The minimum Gasteiger partial charge on any atom is -0.352 e. The smallest absolute Gasteiger partial charge is 0.251 e. The second-order valence-electron chi connectivity index (χ2n) is 3.30. The Labute approximate surface area is 98.5 Å². The number of hydrogen-bond acceptors (Lipinski definition) is 1. The Kier molecular flexibility index (Phi) is 4.56. The summed E-state index contributed by atoms with van der Waals surface area (Å²) in [4.78, 5) is 11.6. The molecule has 80 valence electrons. The summed E-state index contributed by atoms with van der Waals surface area (Å²) in [6, 6.07) is 5.56. The quantitative estimate of drug-likeness (QED) is 0.660.